The fourth-order valence-corrected chi connectivity index (χ4v) is 4.52. The number of aryl methyl sites for hydroxylation is 2. The second kappa shape index (κ2) is 8.25. The van der Waals surface area contributed by atoms with Crippen LogP contribution in [0.3, 0.4) is 0 Å². The van der Waals surface area contributed by atoms with Gasteiger partial charge in [0.1, 0.15) is 5.82 Å². The van der Waals surface area contributed by atoms with Crippen LogP contribution in [-0.4, -0.2) is 57.4 Å². The van der Waals surface area contributed by atoms with Gasteiger partial charge in [0.05, 0.1) is 0 Å². The van der Waals surface area contributed by atoms with Gasteiger partial charge in [0, 0.05) is 56.7 Å². The van der Waals surface area contributed by atoms with E-state index in [4.69, 9.17) is 0 Å². The number of nitrogens with one attached hydrogen (secondary N) is 1. The minimum absolute atomic E-state index is 0.159. The third-order valence-corrected chi connectivity index (χ3v) is 6.15. The first kappa shape index (κ1) is 18.3. The number of likely N-dealkylation sites (tertiary alicyclic amines) is 1. The quantitative estimate of drug-likeness (QED) is 0.799. The number of hydrogen-bond donors (Lipinski definition) is 1. The number of nitrogens with zero attached hydrogens (tertiary/aromatic N) is 3. The summed E-state index contributed by atoms with van der Waals surface area (Å²) in [5.41, 5.74) is 0. The lowest BCUT2D eigenvalue weighted by Gasteiger charge is -2.38. The molecule has 1 aliphatic heterocycles. The predicted octanol–water partition coefficient (Wildman–Crippen LogP) is 1.69. The van der Waals surface area contributed by atoms with Crippen LogP contribution >= 0.6 is 11.8 Å². The molecule has 2 aliphatic rings. The zero-order valence-electron chi connectivity index (χ0n) is 15.1. The van der Waals surface area contributed by atoms with Gasteiger partial charge in [-0.05, 0) is 37.9 Å². The van der Waals surface area contributed by atoms with Crippen LogP contribution in [0, 0.1) is 18.8 Å². The first-order valence-corrected chi connectivity index (χ1v) is 10.5. The Hall–Kier alpha value is -1.50. The van der Waals surface area contributed by atoms with E-state index in [-0.39, 0.29) is 17.9 Å². The van der Waals surface area contributed by atoms with Crippen molar-refractivity contribution in [1.82, 2.24) is 19.8 Å². The van der Waals surface area contributed by atoms with Crippen LogP contribution in [0.15, 0.2) is 12.4 Å². The Labute approximate surface area is 153 Å². The van der Waals surface area contributed by atoms with Crippen molar-refractivity contribution in [3.63, 3.8) is 0 Å². The van der Waals surface area contributed by atoms with Crippen LogP contribution in [0.5, 0.6) is 0 Å². The molecule has 2 fully saturated rings. The lowest BCUT2D eigenvalue weighted by atomic mass is 9.91. The Bertz CT molecular complexity index is 604. The van der Waals surface area contributed by atoms with Gasteiger partial charge in [-0.1, -0.05) is 0 Å². The summed E-state index contributed by atoms with van der Waals surface area (Å²) in [6, 6.07) is 0.259. The second-order valence-electron chi connectivity index (χ2n) is 7.15. The van der Waals surface area contributed by atoms with Gasteiger partial charge in [-0.2, -0.15) is 11.8 Å². The number of piperidine rings is 1. The minimum atomic E-state index is 0.159. The SMILES string of the molecule is CSCCC(=O)NC1[C@@H]2CC[C@H]1CN(C(=O)CCn1ccnc1C)C2. The summed E-state index contributed by atoms with van der Waals surface area (Å²) in [6.07, 6.45) is 9.04. The van der Waals surface area contributed by atoms with Crippen LogP contribution in [0.2, 0.25) is 0 Å². The van der Waals surface area contributed by atoms with E-state index >= 15 is 0 Å². The van der Waals surface area contributed by atoms with Gasteiger partial charge in [-0.15, -0.1) is 0 Å². The van der Waals surface area contributed by atoms with E-state index in [1.807, 2.05) is 28.8 Å². The lowest BCUT2D eigenvalue weighted by Crippen LogP contribution is -2.54. The topological polar surface area (TPSA) is 67.2 Å². The van der Waals surface area contributed by atoms with Crippen LogP contribution in [-0.2, 0) is 16.1 Å². The molecule has 2 amide bonds. The predicted molar refractivity (Wildman–Crippen MR) is 99.3 cm³/mol. The molecular weight excluding hydrogens is 336 g/mol. The van der Waals surface area contributed by atoms with E-state index in [1.165, 1.54) is 0 Å². The van der Waals surface area contributed by atoms with Gasteiger partial charge in [-0.25, -0.2) is 4.98 Å². The van der Waals surface area contributed by atoms with Crippen molar-refractivity contribution in [2.75, 3.05) is 25.1 Å². The van der Waals surface area contributed by atoms with Crippen molar-refractivity contribution in [2.24, 2.45) is 11.8 Å². The van der Waals surface area contributed by atoms with Gasteiger partial charge in [-0.3, -0.25) is 9.59 Å². The van der Waals surface area contributed by atoms with Crippen LogP contribution < -0.4 is 5.32 Å². The van der Waals surface area contributed by atoms with Crippen molar-refractivity contribution in [2.45, 2.75) is 45.2 Å². The Morgan fingerprint density at radius 2 is 2.00 bits per heavy atom. The number of amides is 2. The number of carbonyl (C=O) groups is 2. The molecule has 25 heavy (non-hydrogen) atoms. The van der Waals surface area contributed by atoms with E-state index < -0.39 is 0 Å². The molecule has 3 atom stereocenters. The summed E-state index contributed by atoms with van der Waals surface area (Å²) in [5, 5.41) is 3.23. The zero-order valence-corrected chi connectivity index (χ0v) is 15.9. The molecule has 7 heteroatoms. The van der Waals surface area contributed by atoms with Crippen LogP contribution in [0.25, 0.3) is 0 Å². The summed E-state index contributed by atoms with van der Waals surface area (Å²) in [5.74, 6) is 3.02. The number of hydrogen-bond acceptors (Lipinski definition) is 4. The van der Waals surface area contributed by atoms with Crippen molar-refractivity contribution >= 4 is 23.6 Å². The third kappa shape index (κ3) is 4.37. The smallest absolute Gasteiger partial charge is 0.224 e. The molecule has 6 nitrogen and oxygen atoms in total. The van der Waals surface area contributed by atoms with Crippen molar-refractivity contribution in [3.8, 4) is 0 Å². The normalized spacial score (nSPS) is 25.2. The second-order valence-corrected chi connectivity index (χ2v) is 8.14. The lowest BCUT2D eigenvalue weighted by molar-refractivity contribution is -0.134. The molecular formula is C18H28N4O2S. The minimum Gasteiger partial charge on any atom is -0.353 e. The first-order chi connectivity index (χ1) is 12.1. The number of rotatable bonds is 7. The average Bonchev–Trinajstić information content (AvgIpc) is 3.09. The van der Waals surface area contributed by atoms with E-state index in [0.29, 0.717) is 31.2 Å². The molecule has 1 saturated carbocycles. The molecule has 0 aromatic carbocycles. The number of fused-ring (bicyclic) bond motifs is 2. The fraction of sp³-hybridized carbons (Fsp3) is 0.722. The zero-order chi connectivity index (χ0) is 17.8. The Balaban J connectivity index is 1.50. The Morgan fingerprint density at radius 3 is 2.60 bits per heavy atom. The van der Waals surface area contributed by atoms with Crippen molar-refractivity contribution in [1.29, 1.82) is 0 Å². The molecule has 1 saturated heterocycles. The molecule has 3 rings (SSSR count). The van der Waals surface area contributed by atoms with Crippen molar-refractivity contribution < 1.29 is 9.59 Å². The van der Waals surface area contributed by atoms with Gasteiger partial charge >= 0.3 is 0 Å². The number of thioether (sulfide) groups is 1. The molecule has 1 aliphatic carbocycles. The van der Waals surface area contributed by atoms with E-state index in [9.17, 15) is 9.59 Å². The van der Waals surface area contributed by atoms with Gasteiger partial charge < -0.3 is 14.8 Å². The third-order valence-electron chi connectivity index (χ3n) is 5.54. The Kier molecular flexibility index (Phi) is 6.04. The molecule has 2 heterocycles. The number of imidazole rings is 1. The summed E-state index contributed by atoms with van der Waals surface area (Å²) < 4.78 is 2.02. The maximum absolute atomic E-state index is 12.6. The molecule has 138 valence electrons. The first-order valence-electron chi connectivity index (χ1n) is 9.12. The van der Waals surface area contributed by atoms with E-state index in [0.717, 1.165) is 37.5 Å². The van der Waals surface area contributed by atoms with Crippen molar-refractivity contribution in [3.05, 3.63) is 18.2 Å². The largest absolute Gasteiger partial charge is 0.353 e. The molecule has 1 unspecified atom stereocenters. The monoisotopic (exact) mass is 364 g/mol. The van der Waals surface area contributed by atoms with Gasteiger partial charge in [0.15, 0.2) is 0 Å². The maximum Gasteiger partial charge on any atom is 0.224 e. The molecule has 1 aromatic rings. The summed E-state index contributed by atoms with van der Waals surface area (Å²) in [4.78, 5) is 30.9. The highest BCUT2D eigenvalue weighted by Gasteiger charge is 2.43. The maximum atomic E-state index is 12.6. The molecule has 0 spiro atoms. The summed E-state index contributed by atoms with van der Waals surface area (Å²) in [7, 11) is 0. The van der Waals surface area contributed by atoms with E-state index in [1.54, 1.807) is 18.0 Å². The highest BCUT2D eigenvalue weighted by atomic mass is 32.2. The summed E-state index contributed by atoms with van der Waals surface area (Å²) >= 11 is 1.70. The van der Waals surface area contributed by atoms with Crippen LogP contribution in [0.4, 0.5) is 0 Å². The van der Waals surface area contributed by atoms with Gasteiger partial charge in [0.2, 0.25) is 11.8 Å². The molecule has 2 bridgehead atoms. The van der Waals surface area contributed by atoms with Crippen LogP contribution in [0.1, 0.15) is 31.5 Å². The highest BCUT2D eigenvalue weighted by molar-refractivity contribution is 7.98. The number of aromatic nitrogens is 2. The molecule has 1 N–H and O–H groups in total. The van der Waals surface area contributed by atoms with E-state index in [2.05, 4.69) is 10.3 Å². The average molecular weight is 365 g/mol. The Morgan fingerprint density at radius 1 is 1.28 bits per heavy atom. The fourth-order valence-electron chi connectivity index (χ4n) is 4.13. The molecule has 0 radical (unpaired) electrons. The summed E-state index contributed by atoms with van der Waals surface area (Å²) in [6.45, 7) is 4.21. The standard InChI is InChI=1S/C18H28N4O2S/c1-13-19-7-9-21(13)8-5-17(24)22-11-14-3-4-15(12-22)18(14)20-16(23)6-10-25-2/h7,9,14-15,18H,3-6,8,10-12H2,1-2H3,(H,20,23)/t14-,15+,18?. The van der Waals surface area contributed by atoms with Gasteiger partial charge in [0.25, 0.3) is 0 Å². The molecule has 1 aromatic heterocycles. The highest BCUT2D eigenvalue weighted by Crippen LogP contribution is 2.37. The number of carbonyl (C=O) groups excluding carboxylic acids is 2.